The van der Waals surface area contributed by atoms with E-state index in [1.54, 1.807) is 6.20 Å². The van der Waals surface area contributed by atoms with Crippen LogP contribution in [-0.4, -0.2) is 43.6 Å². The quantitative estimate of drug-likeness (QED) is 0.797. The van der Waals surface area contributed by atoms with Crippen molar-refractivity contribution in [2.24, 2.45) is 5.92 Å². The Morgan fingerprint density at radius 2 is 2.00 bits per heavy atom. The summed E-state index contributed by atoms with van der Waals surface area (Å²) in [5.74, 6) is 0.635. The Balaban J connectivity index is 1.37. The van der Waals surface area contributed by atoms with Crippen molar-refractivity contribution in [2.45, 2.75) is 19.4 Å². The van der Waals surface area contributed by atoms with Gasteiger partial charge in [0.05, 0.1) is 12.0 Å². The number of rotatable bonds is 4. The zero-order valence-electron chi connectivity index (χ0n) is 14.0. The van der Waals surface area contributed by atoms with Crippen LogP contribution in [0.2, 0.25) is 0 Å². The highest BCUT2D eigenvalue weighted by atomic mass is 16.2. The second-order valence-electron chi connectivity index (χ2n) is 6.53. The Kier molecular flexibility index (Phi) is 4.33. The van der Waals surface area contributed by atoms with E-state index in [1.165, 1.54) is 0 Å². The number of aromatic amines is 1. The highest BCUT2D eigenvalue weighted by Crippen LogP contribution is 2.22. The Morgan fingerprint density at radius 1 is 1.20 bits per heavy atom. The summed E-state index contributed by atoms with van der Waals surface area (Å²) < 4.78 is 2.11. The number of aromatic nitrogens is 4. The maximum atomic E-state index is 12.7. The highest BCUT2D eigenvalue weighted by molar-refractivity contribution is 5.93. The van der Waals surface area contributed by atoms with Gasteiger partial charge in [-0.15, -0.1) is 0 Å². The van der Waals surface area contributed by atoms with Gasteiger partial charge < -0.3 is 9.47 Å². The normalized spacial score (nSPS) is 15.4. The third-order valence-corrected chi connectivity index (χ3v) is 4.81. The molecule has 0 aliphatic carbocycles. The van der Waals surface area contributed by atoms with Crippen LogP contribution in [0.4, 0.5) is 0 Å². The molecule has 3 aromatic rings. The van der Waals surface area contributed by atoms with Crippen LogP contribution < -0.4 is 0 Å². The molecule has 1 aromatic carbocycles. The number of amides is 1. The Hall–Kier alpha value is -2.89. The van der Waals surface area contributed by atoms with E-state index in [0.29, 0.717) is 11.6 Å². The first kappa shape index (κ1) is 15.6. The van der Waals surface area contributed by atoms with E-state index in [-0.39, 0.29) is 5.91 Å². The van der Waals surface area contributed by atoms with E-state index in [9.17, 15) is 4.79 Å². The lowest BCUT2D eigenvalue weighted by Gasteiger charge is -2.31. The van der Waals surface area contributed by atoms with Crippen molar-refractivity contribution in [3.63, 3.8) is 0 Å². The minimum absolute atomic E-state index is 0.0377. The number of likely N-dealkylation sites (tertiary alicyclic amines) is 1. The molecule has 1 amide bonds. The van der Waals surface area contributed by atoms with E-state index in [1.807, 2.05) is 53.8 Å². The molecule has 0 unspecified atom stereocenters. The van der Waals surface area contributed by atoms with E-state index in [4.69, 9.17) is 0 Å². The third-order valence-electron chi connectivity index (χ3n) is 4.81. The molecule has 6 heteroatoms. The molecule has 1 saturated heterocycles. The van der Waals surface area contributed by atoms with E-state index >= 15 is 0 Å². The van der Waals surface area contributed by atoms with Crippen LogP contribution in [0.3, 0.4) is 0 Å². The zero-order chi connectivity index (χ0) is 17.1. The molecule has 0 bridgehead atoms. The molecule has 0 spiro atoms. The van der Waals surface area contributed by atoms with E-state index in [2.05, 4.69) is 19.7 Å². The molecule has 4 rings (SSSR count). The zero-order valence-corrected chi connectivity index (χ0v) is 14.0. The number of imidazole rings is 1. The van der Waals surface area contributed by atoms with Crippen LogP contribution in [0.5, 0.6) is 0 Å². The predicted molar refractivity (Wildman–Crippen MR) is 94.9 cm³/mol. The first-order valence-corrected chi connectivity index (χ1v) is 8.65. The molecule has 25 heavy (non-hydrogen) atoms. The van der Waals surface area contributed by atoms with Crippen LogP contribution in [0.25, 0.3) is 11.3 Å². The highest BCUT2D eigenvalue weighted by Gasteiger charge is 2.25. The lowest BCUT2D eigenvalue weighted by molar-refractivity contribution is 0.0677. The second-order valence-corrected chi connectivity index (χ2v) is 6.53. The van der Waals surface area contributed by atoms with Crippen LogP contribution in [0.1, 0.15) is 23.3 Å². The van der Waals surface area contributed by atoms with Crippen molar-refractivity contribution in [3.05, 3.63) is 60.8 Å². The van der Waals surface area contributed by atoms with Gasteiger partial charge in [0.2, 0.25) is 0 Å². The van der Waals surface area contributed by atoms with Crippen molar-refractivity contribution < 1.29 is 4.79 Å². The molecule has 128 valence electrons. The first-order chi connectivity index (χ1) is 12.3. The molecular weight excluding hydrogens is 314 g/mol. The number of benzene rings is 1. The fourth-order valence-electron chi connectivity index (χ4n) is 3.37. The number of nitrogens with zero attached hydrogens (tertiary/aromatic N) is 4. The van der Waals surface area contributed by atoms with Gasteiger partial charge >= 0.3 is 0 Å². The second kappa shape index (κ2) is 6.93. The van der Waals surface area contributed by atoms with Gasteiger partial charge in [0.1, 0.15) is 5.69 Å². The van der Waals surface area contributed by atoms with E-state index < -0.39 is 0 Å². The summed E-state index contributed by atoms with van der Waals surface area (Å²) in [4.78, 5) is 18.7. The fraction of sp³-hybridized carbons (Fsp3) is 0.316. The minimum Gasteiger partial charge on any atom is -0.337 e. The average molecular weight is 335 g/mol. The van der Waals surface area contributed by atoms with Gasteiger partial charge in [-0.2, -0.15) is 5.10 Å². The monoisotopic (exact) mass is 335 g/mol. The van der Waals surface area contributed by atoms with Gasteiger partial charge in [0.25, 0.3) is 5.91 Å². The molecule has 1 aliphatic heterocycles. The average Bonchev–Trinajstić information content (AvgIpc) is 3.34. The fourth-order valence-corrected chi connectivity index (χ4v) is 3.37. The first-order valence-electron chi connectivity index (χ1n) is 8.65. The minimum atomic E-state index is 0.0377. The van der Waals surface area contributed by atoms with Gasteiger partial charge in [0, 0.05) is 37.6 Å². The SMILES string of the molecule is O=C(c1cc(-c2ccccc2)n[nH]1)N1CCC(Cn2ccnc2)CC1. The van der Waals surface area contributed by atoms with Gasteiger partial charge in [0.15, 0.2) is 0 Å². The molecule has 1 aliphatic rings. The van der Waals surface area contributed by atoms with Crippen molar-refractivity contribution in [1.82, 2.24) is 24.6 Å². The molecule has 0 saturated carbocycles. The number of hydrogen-bond acceptors (Lipinski definition) is 3. The van der Waals surface area contributed by atoms with Crippen molar-refractivity contribution >= 4 is 5.91 Å². The summed E-state index contributed by atoms with van der Waals surface area (Å²) >= 11 is 0. The topological polar surface area (TPSA) is 66.8 Å². The molecular formula is C19H21N5O. The Labute approximate surface area is 146 Å². The number of H-pyrrole nitrogens is 1. The van der Waals surface area contributed by atoms with Gasteiger partial charge in [-0.3, -0.25) is 9.89 Å². The summed E-state index contributed by atoms with van der Waals surface area (Å²) in [5.41, 5.74) is 2.38. The lowest BCUT2D eigenvalue weighted by Crippen LogP contribution is -2.39. The predicted octanol–water partition coefficient (Wildman–Crippen LogP) is 2.83. The largest absolute Gasteiger partial charge is 0.337 e. The van der Waals surface area contributed by atoms with Crippen LogP contribution in [0.15, 0.2) is 55.1 Å². The lowest BCUT2D eigenvalue weighted by atomic mass is 9.96. The smallest absolute Gasteiger partial charge is 0.271 e. The molecule has 0 radical (unpaired) electrons. The van der Waals surface area contributed by atoms with Crippen molar-refractivity contribution in [1.29, 1.82) is 0 Å². The van der Waals surface area contributed by atoms with Gasteiger partial charge in [-0.25, -0.2) is 4.98 Å². The Bertz CT molecular complexity index is 817. The molecule has 1 fully saturated rings. The molecule has 3 heterocycles. The summed E-state index contributed by atoms with van der Waals surface area (Å²) in [6, 6.07) is 11.7. The van der Waals surface area contributed by atoms with Crippen molar-refractivity contribution in [2.75, 3.05) is 13.1 Å². The maximum Gasteiger partial charge on any atom is 0.271 e. The number of carbonyl (C=O) groups excluding carboxylic acids is 1. The van der Waals surface area contributed by atoms with Crippen molar-refractivity contribution in [3.8, 4) is 11.3 Å². The summed E-state index contributed by atoms with van der Waals surface area (Å²) in [5, 5.41) is 7.18. The summed E-state index contributed by atoms with van der Waals surface area (Å²) in [6.45, 7) is 2.56. The molecule has 6 nitrogen and oxygen atoms in total. The summed E-state index contributed by atoms with van der Waals surface area (Å²) in [7, 11) is 0. The third kappa shape index (κ3) is 3.47. The summed E-state index contributed by atoms with van der Waals surface area (Å²) in [6.07, 6.45) is 7.69. The van der Waals surface area contributed by atoms with Gasteiger partial charge in [-0.05, 0) is 24.8 Å². The van der Waals surface area contributed by atoms with Crippen LogP contribution in [-0.2, 0) is 6.54 Å². The van der Waals surface area contributed by atoms with Gasteiger partial charge in [-0.1, -0.05) is 30.3 Å². The Morgan fingerprint density at radius 3 is 2.72 bits per heavy atom. The maximum absolute atomic E-state index is 12.7. The molecule has 1 N–H and O–H groups in total. The van der Waals surface area contributed by atoms with Crippen LogP contribution >= 0.6 is 0 Å². The number of carbonyl (C=O) groups is 1. The molecule has 0 atom stereocenters. The number of nitrogens with one attached hydrogen (secondary N) is 1. The van der Waals surface area contributed by atoms with E-state index in [0.717, 1.165) is 43.7 Å². The molecule has 2 aromatic heterocycles. The standard InChI is InChI=1S/C19H21N5O/c25-19(18-12-17(21-22-18)16-4-2-1-3-5-16)24-9-6-15(7-10-24)13-23-11-8-20-14-23/h1-5,8,11-12,14-15H,6-7,9-10,13H2,(H,21,22). The van der Waals surface area contributed by atoms with Crippen LogP contribution in [0, 0.1) is 5.92 Å². The number of hydrogen-bond donors (Lipinski definition) is 1. The number of piperidine rings is 1.